The van der Waals surface area contributed by atoms with E-state index in [2.05, 4.69) is 6.07 Å². The number of hydrogen-bond acceptors (Lipinski definition) is 1. The summed E-state index contributed by atoms with van der Waals surface area (Å²) in [6.07, 6.45) is -3.78. The Morgan fingerprint density at radius 2 is 1.86 bits per heavy atom. The van der Waals surface area contributed by atoms with Crippen molar-refractivity contribution in [1.82, 2.24) is 0 Å². The molecule has 4 heteroatoms. The predicted molar refractivity (Wildman–Crippen MR) is 47.5 cm³/mol. The van der Waals surface area contributed by atoms with Gasteiger partial charge in [0.2, 0.25) is 0 Å². The summed E-state index contributed by atoms with van der Waals surface area (Å²) in [6, 6.07) is 4.98. The van der Waals surface area contributed by atoms with Gasteiger partial charge in [-0.2, -0.15) is 13.2 Å². The van der Waals surface area contributed by atoms with Gasteiger partial charge in [0.1, 0.15) is 0 Å². The minimum atomic E-state index is -4.30. The molecule has 0 heterocycles. The summed E-state index contributed by atoms with van der Waals surface area (Å²) >= 11 is 0. The molecule has 0 aromatic heterocycles. The van der Waals surface area contributed by atoms with E-state index in [9.17, 15) is 13.2 Å². The van der Waals surface area contributed by atoms with Gasteiger partial charge in [-0.3, -0.25) is 0 Å². The fourth-order valence-corrected chi connectivity index (χ4v) is 1.16. The third-order valence-electron chi connectivity index (χ3n) is 1.91. The molecule has 0 atom stereocenters. The molecule has 0 saturated carbocycles. The van der Waals surface area contributed by atoms with E-state index in [4.69, 9.17) is 5.73 Å². The topological polar surface area (TPSA) is 26.0 Å². The maximum Gasteiger partial charge on any atom is 0.416 e. The molecule has 1 aromatic rings. The summed E-state index contributed by atoms with van der Waals surface area (Å²) in [4.78, 5) is 0. The van der Waals surface area contributed by atoms with Crippen LogP contribution < -0.4 is 5.73 Å². The largest absolute Gasteiger partial charge is 0.416 e. The second-order valence-electron chi connectivity index (χ2n) is 2.97. The van der Waals surface area contributed by atoms with Crippen LogP contribution in [0.3, 0.4) is 0 Å². The molecule has 0 amide bonds. The summed E-state index contributed by atoms with van der Waals surface area (Å²) < 4.78 is 37.1. The van der Waals surface area contributed by atoms with Gasteiger partial charge in [-0.1, -0.05) is 6.92 Å². The van der Waals surface area contributed by atoms with Crippen LogP contribution in [0.2, 0.25) is 0 Å². The van der Waals surface area contributed by atoms with Crippen LogP contribution in [0.25, 0.3) is 0 Å². The van der Waals surface area contributed by atoms with Crippen LogP contribution in [0.1, 0.15) is 23.6 Å². The van der Waals surface area contributed by atoms with Crippen molar-refractivity contribution in [1.29, 1.82) is 0 Å². The molecule has 2 N–H and O–H groups in total. The number of halogens is 3. The zero-order chi connectivity index (χ0) is 10.8. The first-order valence-corrected chi connectivity index (χ1v) is 4.29. The van der Waals surface area contributed by atoms with Crippen molar-refractivity contribution in [3.8, 4) is 0 Å². The summed E-state index contributed by atoms with van der Waals surface area (Å²) in [5.74, 6) is 0. The average molecular weight is 202 g/mol. The minimum absolute atomic E-state index is 0.0803. The molecule has 0 aliphatic rings. The van der Waals surface area contributed by atoms with Crippen LogP contribution >= 0.6 is 0 Å². The Labute approximate surface area is 80.7 Å². The first-order chi connectivity index (χ1) is 6.47. The van der Waals surface area contributed by atoms with E-state index in [0.29, 0.717) is 17.5 Å². The lowest BCUT2D eigenvalue weighted by atomic mass is 10.0. The van der Waals surface area contributed by atoms with Crippen molar-refractivity contribution in [2.24, 2.45) is 5.73 Å². The summed E-state index contributed by atoms with van der Waals surface area (Å²) in [7, 11) is 0. The molecule has 14 heavy (non-hydrogen) atoms. The van der Waals surface area contributed by atoms with Gasteiger partial charge >= 0.3 is 6.18 Å². The molecule has 77 valence electrons. The van der Waals surface area contributed by atoms with Crippen molar-refractivity contribution in [3.63, 3.8) is 0 Å². The summed E-state index contributed by atoms with van der Waals surface area (Å²) in [5.41, 5.74) is 5.58. The molecule has 1 aromatic carbocycles. The molecule has 0 fully saturated rings. The van der Waals surface area contributed by atoms with Crippen molar-refractivity contribution in [2.75, 3.05) is 0 Å². The second-order valence-corrected chi connectivity index (χ2v) is 2.97. The highest BCUT2D eigenvalue weighted by molar-refractivity contribution is 5.30. The Balaban J connectivity index is 3.17. The minimum Gasteiger partial charge on any atom is -0.326 e. The average Bonchev–Trinajstić information content (AvgIpc) is 2.15. The van der Waals surface area contributed by atoms with E-state index >= 15 is 0 Å². The number of aryl methyl sites for hydroxylation is 1. The molecule has 0 unspecified atom stereocenters. The van der Waals surface area contributed by atoms with Gasteiger partial charge in [0.05, 0.1) is 5.56 Å². The molecule has 0 aliphatic carbocycles. The zero-order valence-corrected chi connectivity index (χ0v) is 7.78. The highest BCUT2D eigenvalue weighted by atomic mass is 19.4. The van der Waals surface area contributed by atoms with E-state index < -0.39 is 11.7 Å². The van der Waals surface area contributed by atoms with Crippen LogP contribution in [0.4, 0.5) is 13.2 Å². The predicted octanol–water partition coefficient (Wildman–Crippen LogP) is 2.53. The van der Waals surface area contributed by atoms with Crippen LogP contribution in [-0.2, 0) is 19.1 Å². The van der Waals surface area contributed by atoms with E-state index in [0.717, 1.165) is 12.1 Å². The lowest BCUT2D eigenvalue weighted by molar-refractivity contribution is -0.137. The van der Waals surface area contributed by atoms with Gasteiger partial charge in [-0.15, -0.1) is 0 Å². The van der Waals surface area contributed by atoms with E-state index in [1.165, 1.54) is 0 Å². The number of nitrogens with two attached hydrogens (primary N) is 1. The van der Waals surface area contributed by atoms with Gasteiger partial charge < -0.3 is 5.73 Å². The van der Waals surface area contributed by atoms with Crippen LogP contribution in [0, 0.1) is 6.07 Å². The second kappa shape index (κ2) is 4.00. The molecule has 0 saturated heterocycles. The highest BCUT2D eigenvalue weighted by Gasteiger charge is 2.30. The fraction of sp³-hybridized carbons (Fsp3) is 0.400. The van der Waals surface area contributed by atoms with E-state index in [1.54, 1.807) is 6.92 Å². The van der Waals surface area contributed by atoms with Crippen molar-refractivity contribution >= 4 is 0 Å². The van der Waals surface area contributed by atoms with Crippen molar-refractivity contribution < 1.29 is 13.2 Å². The lowest BCUT2D eigenvalue weighted by Gasteiger charge is -2.10. The Morgan fingerprint density at radius 3 is 2.29 bits per heavy atom. The smallest absolute Gasteiger partial charge is 0.326 e. The highest BCUT2D eigenvalue weighted by Crippen LogP contribution is 2.30. The quantitative estimate of drug-likeness (QED) is 0.783. The fourth-order valence-electron chi connectivity index (χ4n) is 1.16. The molecular formula is C10H11F3N. The number of benzene rings is 1. The maximum absolute atomic E-state index is 12.4. The first kappa shape index (κ1) is 11.0. The third kappa shape index (κ3) is 2.48. The van der Waals surface area contributed by atoms with Crippen LogP contribution in [0.5, 0.6) is 0 Å². The first-order valence-electron chi connectivity index (χ1n) is 4.29. The third-order valence-corrected chi connectivity index (χ3v) is 1.91. The van der Waals surface area contributed by atoms with Crippen molar-refractivity contribution in [2.45, 2.75) is 26.1 Å². The standard InChI is InChI=1S/C10H11F3N/c1-2-7-3-8(6-14)5-9(4-7)10(11,12)13/h4-5H,2,6,14H2,1H3. The van der Waals surface area contributed by atoms with Gasteiger partial charge in [-0.05, 0) is 35.7 Å². The SMILES string of the molecule is CCc1[c]c(CN)cc(C(F)(F)F)c1. The normalized spacial score (nSPS) is 11.8. The lowest BCUT2D eigenvalue weighted by Crippen LogP contribution is -2.08. The molecule has 0 bridgehead atoms. The van der Waals surface area contributed by atoms with Crippen LogP contribution in [0.15, 0.2) is 12.1 Å². The van der Waals surface area contributed by atoms with Gasteiger partial charge in [0.15, 0.2) is 0 Å². The molecule has 1 radical (unpaired) electrons. The number of hydrogen-bond donors (Lipinski definition) is 1. The van der Waals surface area contributed by atoms with Gasteiger partial charge in [0, 0.05) is 6.54 Å². The molecule has 1 nitrogen and oxygen atoms in total. The number of alkyl halides is 3. The maximum atomic E-state index is 12.4. The Hall–Kier alpha value is -1.03. The number of rotatable bonds is 2. The Kier molecular flexibility index (Phi) is 3.16. The molecule has 1 rings (SSSR count). The van der Waals surface area contributed by atoms with Gasteiger partial charge in [0.25, 0.3) is 0 Å². The summed E-state index contributed by atoms with van der Waals surface area (Å²) in [5, 5.41) is 0. The molecule has 0 aliphatic heterocycles. The van der Waals surface area contributed by atoms with E-state index in [1.807, 2.05) is 0 Å². The zero-order valence-electron chi connectivity index (χ0n) is 7.78. The Morgan fingerprint density at radius 1 is 1.29 bits per heavy atom. The Bertz CT molecular complexity index is 295. The molecule has 0 spiro atoms. The molecular weight excluding hydrogens is 191 g/mol. The van der Waals surface area contributed by atoms with Gasteiger partial charge in [-0.25, -0.2) is 0 Å². The van der Waals surface area contributed by atoms with Crippen molar-refractivity contribution in [3.05, 3.63) is 34.9 Å². The summed E-state index contributed by atoms with van der Waals surface area (Å²) in [6.45, 7) is 1.86. The monoisotopic (exact) mass is 202 g/mol. The van der Waals surface area contributed by atoms with E-state index in [-0.39, 0.29) is 6.54 Å². The van der Waals surface area contributed by atoms with Crippen LogP contribution in [-0.4, -0.2) is 0 Å².